The lowest BCUT2D eigenvalue weighted by Crippen LogP contribution is -2.21. The van der Waals surface area contributed by atoms with Gasteiger partial charge >= 0.3 is 7.32 Å². The normalized spacial score (nSPS) is 9.43. The molecule has 1 rings (SSSR count). The molecule has 0 fully saturated rings. The van der Waals surface area contributed by atoms with Crippen LogP contribution in [0.2, 0.25) is 0 Å². The summed E-state index contributed by atoms with van der Waals surface area (Å²) < 4.78 is 14.5. The zero-order valence-electron chi connectivity index (χ0n) is 7.80. The van der Waals surface area contributed by atoms with Crippen molar-refractivity contribution in [2.75, 3.05) is 14.2 Å². The van der Waals surface area contributed by atoms with Crippen LogP contribution in [0.4, 0.5) is 0 Å². The maximum Gasteiger partial charge on any atom is 0.707 e. The van der Waals surface area contributed by atoms with E-state index in [1.807, 2.05) is 0 Å². The molecule has 14 heavy (non-hydrogen) atoms. The quantitative estimate of drug-likeness (QED) is 0.633. The largest absolute Gasteiger partial charge is 0.707 e. The number of nitrogens with zero attached hydrogens (tertiary/aromatic N) is 1. The summed E-state index contributed by atoms with van der Waals surface area (Å²) in [6, 6.07) is 1.43. The van der Waals surface area contributed by atoms with Crippen LogP contribution in [-0.2, 0) is 0 Å². The predicted molar refractivity (Wildman–Crippen MR) is 48.2 cm³/mol. The van der Waals surface area contributed by atoms with Crippen LogP contribution in [0.3, 0.4) is 0 Å². The Bertz CT molecular complexity index is 306. The van der Waals surface area contributed by atoms with Crippen LogP contribution >= 0.6 is 0 Å². The lowest BCUT2D eigenvalue weighted by molar-refractivity contribution is 0.273. The minimum absolute atomic E-state index is 0.148. The molecule has 2 N–H and O–H groups in total. The number of pyridine rings is 1. The van der Waals surface area contributed by atoms with Crippen molar-refractivity contribution in [2.24, 2.45) is 0 Å². The zero-order chi connectivity index (χ0) is 10.6. The van der Waals surface area contributed by atoms with Crippen LogP contribution in [-0.4, -0.2) is 36.6 Å². The molecule has 0 saturated carbocycles. The molecule has 0 atom stereocenters. The van der Waals surface area contributed by atoms with Crippen LogP contribution in [0.5, 0.6) is 17.4 Å². The summed E-state index contributed by atoms with van der Waals surface area (Å²) in [5, 5.41) is 17.2. The van der Waals surface area contributed by atoms with E-state index in [9.17, 15) is 0 Å². The van der Waals surface area contributed by atoms with Crippen molar-refractivity contribution < 1.29 is 24.2 Å². The summed E-state index contributed by atoms with van der Waals surface area (Å²) in [5.41, 5.74) is 0. The Morgan fingerprint density at radius 3 is 2.50 bits per heavy atom. The smallest absolute Gasteiger partial charge is 0.509 e. The molecule has 0 aliphatic heterocycles. The third-order valence-electron chi connectivity index (χ3n) is 1.47. The maximum absolute atomic E-state index is 8.61. The van der Waals surface area contributed by atoms with Crippen molar-refractivity contribution in [1.82, 2.24) is 4.98 Å². The molecule has 1 aromatic heterocycles. The SMILES string of the molecule is COc1nccc(OB(O)O)c1OC. The Hall–Kier alpha value is -1.47. The van der Waals surface area contributed by atoms with Gasteiger partial charge in [-0.25, -0.2) is 4.98 Å². The van der Waals surface area contributed by atoms with E-state index in [0.29, 0.717) is 0 Å². The molecule has 1 heterocycles. The van der Waals surface area contributed by atoms with Gasteiger partial charge in [-0.15, -0.1) is 0 Å². The Balaban J connectivity index is 3.02. The van der Waals surface area contributed by atoms with E-state index in [1.54, 1.807) is 0 Å². The Labute approximate surface area is 81.2 Å². The second-order valence-electron chi connectivity index (χ2n) is 2.30. The summed E-state index contributed by atoms with van der Waals surface area (Å²) >= 11 is 0. The van der Waals surface area contributed by atoms with Crippen molar-refractivity contribution in [3.63, 3.8) is 0 Å². The maximum atomic E-state index is 8.61. The van der Waals surface area contributed by atoms with Crippen molar-refractivity contribution in [2.45, 2.75) is 0 Å². The summed E-state index contributed by atoms with van der Waals surface area (Å²) in [7, 11) is 0.913. The van der Waals surface area contributed by atoms with Gasteiger partial charge in [0.05, 0.1) is 14.2 Å². The lowest BCUT2D eigenvalue weighted by Gasteiger charge is -2.11. The van der Waals surface area contributed by atoms with Crippen molar-refractivity contribution in [1.29, 1.82) is 0 Å². The van der Waals surface area contributed by atoms with Crippen molar-refractivity contribution >= 4 is 7.32 Å². The van der Waals surface area contributed by atoms with Gasteiger partial charge in [-0.1, -0.05) is 0 Å². The highest BCUT2D eigenvalue weighted by molar-refractivity contribution is 6.33. The number of hydrogen-bond donors (Lipinski definition) is 2. The van der Waals surface area contributed by atoms with Crippen LogP contribution in [0.25, 0.3) is 0 Å². The highest BCUT2D eigenvalue weighted by Crippen LogP contribution is 2.34. The molecule has 0 aliphatic rings. The first kappa shape index (κ1) is 10.6. The fourth-order valence-electron chi connectivity index (χ4n) is 0.952. The number of methoxy groups -OCH3 is 2. The fourth-order valence-corrected chi connectivity index (χ4v) is 0.952. The average molecular weight is 199 g/mol. The predicted octanol–water partition coefficient (Wildman–Crippen LogP) is -0.553. The monoisotopic (exact) mass is 199 g/mol. The molecule has 0 saturated heterocycles. The summed E-state index contributed by atoms with van der Waals surface area (Å²) in [6.07, 6.45) is 1.40. The highest BCUT2D eigenvalue weighted by Gasteiger charge is 2.18. The number of rotatable bonds is 4. The molecule has 0 aromatic carbocycles. The standard InChI is InChI=1S/C7H10BNO5/c1-12-6-5(14-8(10)11)3-4-9-7(6)13-2/h3-4,10-11H,1-2H3. The first-order valence-corrected chi connectivity index (χ1v) is 3.78. The summed E-state index contributed by atoms with van der Waals surface area (Å²) in [6.45, 7) is 0. The first-order valence-electron chi connectivity index (χ1n) is 3.78. The minimum Gasteiger partial charge on any atom is -0.509 e. The van der Waals surface area contributed by atoms with E-state index in [1.165, 1.54) is 26.5 Å². The van der Waals surface area contributed by atoms with E-state index in [2.05, 4.69) is 9.64 Å². The van der Waals surface area contributed by atoms with Gasteiger partial charge in [-0.3, -0.25) is 0 Å². The Morgan fingerprint density at radius 2 is 2.00 bits per heavy atom. The molecular weight excluding hydrogens is 189 g/mol. The molecule has 0 radical (unpaired) electrons. The van der Waals surface area contributed by atoms with Gasteiger partial charge in [0, 0.05) is 12.3 Å². The van der Waals surface area contributed by atoms with E-state index >= 15 is 0 Å². The molecule has 0 spiro atoms. The van der Waals surface area contributed by atoms with Gasteiger partial charge in [-0.2, -0.15) is 0 Å². The van der Waals surface area contributed by atoms with Gasteiger partial charge in [0.2, 0.25) is 5.75 Å². The number of hydrogen-bond acceptors (Lipinski definition) is 6. The van der Waals surface area contributed by atoms with Crippen LogP contribution in [0, 0.1) is 0 Å². The number of aromatic nitrogens is 1. The van der Waals surface area contributed by atoms with E-state index in [-0.39, 0.29) is 17.4 Å². The molecule has 6 nitrogen and oxygen atoms in total. The summed E-state index contributed by atoms with van der Waals surface area (Å²) in [5.74, 6) is 0.572. The third kappa shape index (κ3) is 2.27. The Kier molecular flexibility index (Phi) is 3.55. The molecule has 7 heteroatoms. The first-order chi connectivity index (χ1) is 6.69. The molecule has 0 bridgehead atoms. The average Bonchev–Trinajstić information content (AvgIpc) is 2.16. The minimum atomic E-state index is -1.91. The highest BCUT2D eigenvalue weighted by atomic mass is 16.6. The van der Waals surface area contributed by atoms with Gasteiger partial charge in [0.15, 0.2) is 5.75 Å². The van der Waals surface area contributed by atoms with Gasteiger partial charge < -0.3 is 24.2 Å². The van der Waals surface area contributed by atoms with E-state index in [4.69, 9.17) is 19.5 Å². The van der Waals surface area contributed by atoms with Gasteiger partial charge in [0.25, 0.3) is 5.88 Å². The Morgan fingerprint density at radius 1 is 1.29 bits per heavy atom. The van der Waals surface area contributed by atoms with Crippen LogP contribution in [0.1, 0.15) is 0 Å². The molecule has 0 aliphatic carbocycles. The molecule has 1 aromatic rings. The van der Waals surface area contributed by atoms with Crippen molar-refractivity contribution in [3.05, 3.63) is 12.3 Å². The number of ether oxygens (including phenoxy) is 2. The van der Waals surface area contributed by atoms with Crippen LogP contribution < -0.4 is 14.1 Å². The topological polar surface area (TPSA) is 81.0 Å². The zero-order valence-corrected chi connectivity index (χ0v) is 7.80. The van der Waals surface area contributed by atoms with Crippen molar-refractivity contribution in [3.8, 4) is 17.4 Å². The second-order valence-corrected chi connectivity index (χ2v) is 2.30. The lowest BCUT2D eigenvalue weighted by atomic mass is 10.2. The molecule has 0 amide bonds. The molecule has 76 valence electrons. The van der Waals surface area contributed by atoms with Gasteiger partial charge in [-0.05, 0) is 0 Å². The summed E-state index contributed by atoms with van der Waals surface area (Å²) in [4.78, 5) is 3.85. The van der Waals surface area contributed by atoms with E-state index in [0.717, 1.165) is 0 Å². The van der Waals surface area contributed by atoms with Crippen LogP contribution in [0.15, 0.2) is 12.3 Å². The van der Waals surface area contributed by atoms with Gasteiger partial charge in [0.1, 0.15) is 0 Å². The fraction of sp³-hybridized carbons (Fsp3) is 0.286. The molecule has 0 unspecified atom stereocenters. The molecular formula is C7H10BNO5. The van der Waals surface area contributed by atoms with E-state index < -0.39 is 7.32 Å². The second kappa shape index (κ2) is 4.68. The third-order valence-corrected chi connectivity index (χ3v) is 1.47.